The molecule has 1 aromatic carbocycles. The van der Waals surface area contributed by atoms with E-state index in [1.165, 1.54) is 12.1 Å². The molecule has 1 rings (SSSR count). The molecule has 0 aliphatic rings. The van der Waals surface area contributed by atoms with Gasteiger partial charge in [-0.05, 0) is 18.6 Å². The van der Waals surface area contributed by atoms with Crippen molar-refractivity contribution < 1.29 is 9.76 Å². The molecule has 0 fully saturated rings. The lowest BCUT2D eigenvalue weighted by Crippen LogP contribution is -1.90. The Hall–Kier alpha value is -1.98. The maximum atomic E-state index is 10.3. The molecule has 0 atom stereocenters. The first kappa shape index (κ1) is 9.11. The molecular weight excluding hydrogens is 176 g/mol. The minimum absolute atomic E-state index is 0.101. The second-order valence-corrected chi connectivity index (χ2v) is 2.37. The summed E-state index contributed by atoms with van der Waals surface area (Å²) in [7, 11) is 0. The molecule has 0 spiro atoms. The summed E-state index contributed by atoms with van der Waals surface area (Å²) in [6, 6.07) is 3.96. The van der Waals surface area contributed by atoms with Crippen molar-refractivity contribution in [2.24, 2.45) is 5.34 Å². The van der Waals surface area contributed by atoms with E-state index in [2.05, 4.69) is 10.2 Å². The fourth-order valence-electron chi connectivity index (χ4n) is 0.841. The van der Waals surface area contributed by atoms with E-state index in [9.17, 15) is 15.0 Å². The third kappa shape index (κ3) is 1.98. The van der Waals surface area contributed by atoms with Crippen molar-refractivity contribution in [3.63, 3.8) is 0 Å². The van der Waals surface area contributed by atoms with Gasteiger partial charge in [-0.3, -0.25) is 10.1 Å². The Morgan fingerprint density at radius 1 is 1.54 bits per heavy atom. The summed E-state index contributed by atoms with van der Waals surface area (Å²) < 4.78 is 0. The molecular formula is C7H6N2O4. The Balaban J connectivity index is 3.10. The minimum atomic E-state index is -0.572. The number of nitrogens with zero attached hydrogens (tertiary/aromatic N) is 2. The second kappa shape index (κ2) is 3.61. The first-order chi connectivity index (χ1) is 6.15. The fourth-order valence-corrected chi connectivity index (χ4v) is 0.841. The van der Waals surface area contributed by atoms with E-state index in [1.54, 1.807) is 6.92 Å². The van der Waals surface area contributed by atoms with E-state index in [4.69, 9.17) is 0 Å². The zero-order valence-corrected chi connectivity index (χ0v) is 6.76. The topological polar surface area (TPSA) is 81.8 Å². The number of hydrogen-bond donors (Lipinski definition) is 0. The SMILES string of the molecule is Cc1ccc([N+](=O)[O-])cc1ON=O. The summed E-state index contributed by atoms with van der Waals surface area (Å²) in [5.41, 5.74) is 0.481. The van der Waals surface area contributed by atoms with Gasteiger partial charge < -0.3 is 4.84 Å². The third-order valence-corrected chi connectivity index (χ3v) is 1.52. The number of nitro groups is 1. The van der Waals surface area contributed by atoms with Gasteiger partial charge in [0.05, 0.1) is 11.0 Å². The van der Waals surface area contributed by atoms with Crippen LogP contribution in [0.4, 0.5) is 5.69 Å². The van der Waals surface area contributed by atoms with Crippen LogP contribution >= 0.6 is 0 Å². The molecule has 0 bridgehead atoms. The van der Waals surface area contributed by atoms with Crippen LogP contribution in [0.3, 0.4) is 0 Å². The molecule has 0 saturated carbocycles. The van der Waals surface area contributed by atoms with Crippen LogP contribution in [0, 0.1) is 21.9 Å². The molecule has 1 aromatic rings. The van der Waals surface area contributed by atoms with Gasteiger partial charge in [-0.15, -0.1) is 4.91 Å². The van der Waals surface area contributed by atoms with Crippen molar-refractivity contribution in [1.82, 2.24) is 0 Å². The molecule has 6 nitrogen and oxygen atoms in total. The average Bonchev–Trinajstić information content (AvgIpc) is 2.08. The lowest BCUT2D eigenvalue weighted by Gasteiger charge is -1.99. The largest absolute Gasteiger partial charge is 0.323 e. The first-order valence-electron chi connectivity index (χ1n) is 3.40. The van der Waals surface area contributed by atoms with Gasteiger partial charge in [-0.25, -0.2) is 0 Å². The van der Waals surface area contributed by atoms with E-state index >= 15 is 0 Å². The van der Waals surface area contributed by atoms with Gasteiger partial charge >= 0.3 is 0 Å². The zero-order valence-electron chi connectivity index (χ0n) is 6.76. The Bertz CT molecular complexity index is 350. The summed E-state index contributed by atoms with van der Waals surface area (Å²) in [5.74, 6) is 0.101. The highest BCUT2D eigenvalue weighted by molar-refractivity contribution is 5.43. The standard InChI is InChI=1S/C7H6N2O4/c1-5-2-3-6(9(11)12)4-7(5)13-8-10/h2-4H,1H3. The van der Waals surface area contributed by atoms with Gasteiger partial charge in [0.2, 0.25) is 0 Å². The molecule has 0 heterocycles. The fraction of sp³-hybridized carbons (Fsp3) is 0.143. The maximum Gasteiger partial charge on any atom is 0.273 e. The molecule has 0 aliphatic carbocycles. The van der Waals surface area contributed by atoms with Crippen LogP contribution in [0.5, 0.6) is 5.75 Å². The van der Waals surface area contributed by atoms with Crippen LogP contribution in [-0.2, 0) is 0 Å². The van der Waals surface area contributed by atoms with Crippen molar-refractivity contribution in [1.29, 1.82) is 0 Å². The molecule has 68 valence electrons. The molecule has 6 heteroatoms. The number of rotatable bonds is 3. The Labute approximate surface area is 73.2 Å². The predicted molar refractivity (Wildman–Crippen MR) is 44.3 cm³/mol. The Morgan fingerprint density at radius 2 is 2.23 bits per heavy atom. The normalized spacial score (nSPS) is 9.31. The van der Waals surface area contributed by atoms with Gasteiger partial charge in [0, 0.05) is 6.07 Å². The number of benzene rings is 1. The number of non-ortho nitro benzene ring substituents is 1. The van der Waals surface area contributed by atoms with Gasteiger partial charge in [-0.2, -0.15) is 0 Å². The van der Waals surface area contributed by atoms with Crippen LogP contribution in [0.1, 0.15) is 5.56 Å². The molecule has 0 aromatic heterocycles. The number of nitro benzene ring substituents is 1. The van der Waals surface area contributed by atoms with Crippen LogP contribution in [-0.4, -0.2) is 4.92 Å². The number of hydrogen-bond acceptors (Lipinski definition) is 5. The average molecular weight is 182 g/mol. The quantitative estimate of drug-likeness (QED) is 0.406. The first-order valence-corrected chi connectivity index (χ1v) is 3.40. The molecule has 0 unspecified atom stereocenters. The van der Waals surface area contributed by atoms with Gasteiger partial charge in [0.1, 0.15) is 0 Å². The minimum Gasteiger partial charge on any atom is -0.323 e. The Kier molecular flexibility index (Phi) is 2.53. The van der Waals surface area contributed by atoms with Crippen LogP contribution in [0.25, 0.3) is 0 Å². The molecule has 0 aliphatic heterocycles. The lowest BCUT2D eigenvalue weighted by molar-refractivity contribution is -0.384. The summed E-state index contributed by atoms with van der Waals surface area (Å²) in [6.07, 6.45) is 0. The summed E-state index contributed by atoms with van der Waals surface area (Å²) in [4.78, 5) is 23.8. The summed E-state index contributed by atoms with van der Waals surface area (Å²) in [5, 5.41) is 12.5. The second-order valence-electron chi connectivity index (χ2n) is 2.37. The van der Waals surface area contributed by atoms with Gasteiger partial charge in [-0.1, -0.05) is 0 Å². The van der Waals surface area contributed by atoms with Crippen LogP contribution < -0.4 is 4.84 Å². The van der Waals surface area contributed by atoms with Crippen LogP contribution in [0.2, 0.25) is 0 Å². The van der Waals surface area contributed by atoms with Crippen molar-refractivity contribution in [2.45, 2.75) is 6.92 Å². The van der Waals surface area contributed by atoms with Crippen molar-refractivity contribution in [2.75, 3.05) is 0 Å². The summed E-state index contributed by atoms with van der Waals surface area (Å²) in [6.45, 7) is 1.66. The van der Waals surface area contributed by atoms with E-state index in [0.29, 0.717) is 5.56 Å². The summed E-state index contributed by atoms with van der Waals surface area (Å²) >= 11 is 0. The van der Waals surface area contributed by atoms with E-state index in [0.717, 1.165) is 6.07 Å². The highest BCUT2D eigenvalue weighted by Gasteiger charge is 2.09. The molecule has 0 saturated heterocycles. The van der Waals surface area contributed by atoms with Crippen molar-refractivity contribution in [3.8, 4) is 5.75 Å². The van der Waals surface area contributed by atoms with Crippen molar-refractivity contribution >= 4 is 5.69 Å². The molecule has 13 heavy (non-hydrogen) atoms. The smallest absolute Gasteiger partial charge is 0.273 e. The van der Waals surface area contributed by atoms with Crippen molar-refractivity contribution in [3.05, 3.63) is 38.8 Å². The number of aryl methyl sites for hydroxylation is 1. The molecule has 0 amide bonds. The maximum absolute atomic E-state index is 10.3. The third-order valence-electron chi connectivity index (χ3n) is 1.52. The van der Waals surface area contributed by atoms with E-state index < -0.39 is 4.92 Å². The highest BCUT2D eigenvalue weighted by atomic mass is 16.7. The van der Waals surface area contributed by atoms with Gasteiger partial charge in [0.25, 0.3) is 5.69 Å². The zero-order chi connectivity index (χ0) is 9.84. The predicted octanol–water partition coefficient (Wildman–Crippen LogP) is 1.96. The molecule has 0 radical (unpaired) electrons. The molecule has 0 N–H and O–H groups in total. The van der Waals surface area contributed by atoms with Crippen LogP contribution in [0.15, 0.2) is 23.5 Å². The monoisotopic (exact) mass is 182 g/mol. The van der Waals surface area contributed by atoms with E-state index in [-0.39, 0.29) is 11.4 Å². The van der Waals surface area contributed by atoms with Gasteiger partial charge in [0.15, 0.2) is 11.1 Å². The lowest BCUT2D eigenvalue weighted by atomic mass is 10.2. The Morgan fingerprint density at radius 3 is 2.77 bits per heavy atom. The van der Waals surface area contributed by atoms with E-state index in [1.807, 2.05) is 0 Å². The highest BCUT2D eigenvalue weighted by Crippen LogP contribution is 2.23.